The van der Waals surface area contributed by atoms with Crippen LogP contribution in [0.25, 0.3) is 0 Å². The number of Topliss-reactive ketones (excluding diaryl/α,β-unsaturated/α-hetero) is 1. The molecule has 0 aliphatic heterocycles. The van der Waals surface area contributed by atoms with Gasteiger partial charge in [0, 0.05) is 12.8 Å². The summed E-state index contributed by atoms with van der Waals surface area (Å²) in [4.78, 5) is 14.7. The van der Waals surface area contributed by atoms with E-state index in [2.05, 4.69) is 11.8 Å². The fraction of sp³-hybridized carbons (Fsp3) is 0.526. The summed E-state index contributed by atoms with van der Waals surface area (Å²) in [5, 5.41) is 11.1. The van der Waals surface area contributed by atoms with E-state index in [0.29, 0.717) is 19.4 Å². The molecule has 2 rings (SSSR count). The molecule has 1 aliphatic carbocycles. The molecule has 0 amide bonds. The minimum Gasteiger partial charge on any atom is -0.377 e. The van der Waals surface area contributed by atoms with Gasteiger partial charge in [-0.3, -0.25) is 9.69 Å². The highest BCUT2D eigenvalue weighted by molar-refractivity contribution is 5.89. The fourth-order valence-electron chi connectivity index (χ4n) is 2.81. The number of aliphatic hydroxyl groups is 1. The fourth-order valence-corrected chi connectivity index (χ4v) is 2.81. The van der Waals surface area contributed by atoms with E-state index in [1.807, 2.05) is 49.3 Å². The number of hydrogen-bond acceptors (Lipinski definition) is 3. The second-order valence-electron chi connectivity index (χ2n) is 6.27. The number of carbonyl (C=O) groups is 1. The maximum absolute atomic E-state index is 12.7. The van der Waals surface area contributed by atoms with Gasteiger partial charge in [0.2, 0.25) is 0 Å². The number of nitrogens with zero attached hydrogens (tertiary/aromatic N) is 1. The van der Waals surface area contributed by atoms with Crippen LogP contribution < -0.4 is 0 Å². The molecular formula is C19H25NO2. The van der Waals surface area contributed by atoms with Crippen LogP contribution in [0.15, 0.2) is 30.3 Å². The van der Waals surface area contributed by atoms with Crippen LogP contribution in [0.3, 0.4) is 0 Å². The van der Waals surface area contributed by atoms with E-state index in [1.54, 1.807) is 0 Å². The Morgan fingerprint density at radius 2 is 1.95 bits per heavy atom. The highest BCUT2D eigenvalue weighted by atomic mass is 16.3. The van der Waals surface area contributed by atoms with Gasteiger partial charge in [0.25, 0.3) is 0 Å². The van der Waals surface area contributed by atoms with Crippen LogP contribution >= 0.6 is 0 Å². The summed E-state index contributed by atoms with van der Waals surface area (Å²) in [6, 6.07) is 9.37. The van der Waals surface area contributed by atoms with Crippen molar-refractivity contribution in [1.29, 1.82) is 0 Å². The molecule has 1 fully saturated rings. The zero-order valence-electron chi connectivity index (χ0n) is 13.5. The van der Waals surface area contributed by atoms with E-state index in [9.17, 15) is 9.90 Å². The van der Waals surface area contributed by atoms with Gasteiger partial charge in [-0.25, -0.2) is 0 Å². The van der Waals surface area contributed by atoms with Gasteiger partial charge in [0.15, 0.2) is 11.4 Å². The van der Waals surface area contributed by atoms with Crippen molar-refractivity contribution in [3.8, 4) is 11.8 Å². The summed E-state index contributed by atoms with van der Waals surface area (Å²) >= 11 is 0. The molecule has 1 saturated carbocycles. The van der Waals surface area contributed by atoms with E-state index in [-0.39, 0.29) is 11.7 Å². The molecule has 1 aromatic rings. The van der Waals surface area contributed by atoms with E-state index in [0.717, 1.165) is 24.8 Å². The molecule has 0 aromatic heterocycles. The number of ketones is 1. The van der Waals surface area contributed by atoms with Gasteiger partial charge < -0.3 is 5.11 Å². The molecule has 0 saturated heterocycles. The summed E-state index contributed by atoms with van der Waals surface area (Å²) < 4.78 is 0. The normalized spacial score (nSPS) is 17.3. The molecule has 0 bridgehead atoms. The van der Waals surface area contributed by atoms with Crippen LogP contribution in [0.1, 0.15) is 37.7 Å². The Balaban J connectivity index is 2.05. The highest BCUT2D eigenvalue weighted by Crippen LogP contribution is 2.43. The SMILES string of the molecule is CN(C)CC#CCCC(=O)[C@](O)(c1ccccc1)C1CCC1. The smallest absolute Gasteiger partial charge is 0.170 e. The highest BCUT2D eigenvalue weighted by Gasteiger charge is 2.46. The monoisotopic (exact) mass is 299 g/mol. The van der Waals surface area contributed by atoms with Crippen molar-refractivity contribution in [3.05, 3.63) is 35.9 Å². The van der Waals surface area contributed by atoms with Gasteiger partial charge >= 0.3 is 0 Å². The van der Waals surface area contributed by atoms with Gasteiger partial charge in [-0.15, -0.1) is 5.92 Å². The number of hydrogen-bond donors (Lipinski definition) is 1. The van der Waals surface area contributed by atoms with Crippen molar-refractivity contribution in [2.45, 2.75) is 37.7 Å². The van der Waals surface area contributed by atoms with E-state index in [4.69, 9.17) is 0 Å². The van der Waals surface area contributed by atoms with Crippen LogP contribution in [-0.2, 0) is 10.4 Å². The first kappa shape index (κ1) is 16.7. The minimum atomic E-state index is -1.33. The Kier molecular flexibility index (Phi) is 5.76. The van der Waals surface area contributed by atoms with Crippen molar-refractivity contribution < 1.29 is 9.90 Å². The summed E-state index contributed by atoms with van der Waals surface area (Å²) in [7, 11) is 3.93. The molecule has 1 aromatic carbocycles. The summed E-state index contributed by atoms with van der Waals surface area (Å²) in [5.74, 6) is 6.01. The largest absolute Gasteiger partial charge is 0.377 e. The lowest BCUT2D eigenvalue weighted by molar-refractivity contribution is -0.149. The zero-order chi connectivity index (χ0) is 16.0. The molecule has 1 atom stereocenters. The van der Waals surface area contributed by atoms with E-state index >= 15 is 0 Å². The van der Waals surface area contributed by atoms with Crippen molar-refractivity contribution in [3.63, 3.8) is 0 Å². The van der Waals surface area contributed by atoms with Crippen molar-refractivity contribution in [2.24, 2.45) is 5.92 Å². The topological polar surface area (TPSA) is 40.5 Å². The van der Waals surface area contributed by atoms with E-state index < -0.39 is 5.60 Å². The van der Waals surface area contributed by atoms with Gasteiger partial charge in [0.05, 0.1) is 6.54 Å². The van der Waals surface area contributed by atoms with Gasteiger partial charge in [-0.1, -0.05) is 42.7 Å². The van der Waals surface area contributed by atoms with Crippen molar-refractivity contribution >= 4 is 5.78 Å². The first-order valence-electron chi connectivity index (χ1n) is 7.96. The predicted molar refractivity (Wildman–Crippen MR) is 88.3 cm³/mol. The van der Waals surface area contributed by atoms with Gasteiger partial charge in [-0.2, -0.15) is 0 Å². The van der Waals surface area contributed by atoms with Gasteiger partial charge in [0.1, 0.15) is 0 Å². The summed E-state index contributed by atoms with van der Waals surface area (Å²) in [6.07, 6.45) is 3.75. The second kappa shape index (κ2) is 7.58. The molecule has 1 aliphatic rings. The van der Waals surface area contributed by atoms with Crippen LogP contribution in [0.2, 0.25) is 0 Å². The number of rotatable bonds is 6. The number of benzene rings is 1. The van der Waals surface area contributed by atoms with Crippen LogP contribution in [0.5, 0.6) is 0 Å². The second-order valence-corrected chi connectivity index (χ2v) is 6.27. The predicted octanol–water partition coefficient (Wildman–Crippen LogP) is 2.59. The minimum absolute atomic E-state index is 0.0529. The quantitative estimate of drug-likeness (QED) is 0.821. The third-order valence-corrected chi connectivity index (χ3v) is 4.33. The number of carbonyl (C=O) groups excluding carboxylic acids is 1. The molecular weight excluding hydrogens is 274 g/mol. The Morgan fingerprint density at radius 1 is 1.27 bits per heavy atom. The first-order chi connectivity index (χ1) is 10.5. The average molecular weight is 299 g/mol. The maximum Gasteiger partial charge on any atom is 0.170 e. The first-order valence-corrected chi connectivity index (χ1v) is 7.96. The standard InChI is InChI=1S/C19H25NO2/c1-20(2)15-8-4-7-14-18(21)19(22,17-12-9-13-17)16-10-5-3-6-11-16/h3,5-6,10-11,17,22H,7,9,12-15H2,1-2H3/t19-/m0/s1. The summed E-state index contributed by atoms with van der Waals surface area (Å²) in [6.45, 7) is 0.694. The Hall–Kier alpha value is -1.63. The van der Waals surface area contributed by atoms with Gasteiger partial charge in [-0.05, 0) is 38.4 Å². The molecule has 3 nitrogen and oxygen atoms in total. The molecule has 0 radical (unpaired) electrons. The Morgan fingerprint density at radius 3 is 2.50 bits per heavy atom. The molecule has 118 valence electrons. The average Bonchev–Trinajstić information content (AvgIpc) is 2.45. The third-order valence-electron chi connectivity index (χ3n) is 4.33. The molecule has 3 heteroatoms. The molecule has 0 heterocycles. The van der Waals surface area contributed by atoms with Crippen molar-refractivity contribution in [2.75, 3.05) is 20.6 Å². The lowest BCUT2D eigenvalue weighted by Crippen LogP contribution is -2.46. The summed E-state index contributed by atoms with van der Waals surface area (Å²) in [5.41, 5.74) is -0.603. The Bertz CT molecular complexity index is 552. The van der Waals surface area contributed by atoms with E-state index in [1.165, 1.54) is 0 Å². The van der Waals surface area contributed by atoms with Crippen LogP contribution in [0, 0.1) is 17.8 Å². The van der Waals surface area contributed by atoms with Crippen molar-refractivity contribution in [1.82, 2.24) is 4.90 Å². The Labute approximate surface area is 133 Å². The van der Waals surface area contributed by atoms with Crippen LogP contribution in [-0.4, -0.2) is 36.4 Å². The lowest BCUT2D eigenvalue weighted by atomic mass is 9.67. The molecule has 1 N–H and O–H groups in total. The molecule has 22 heavy (non-hydrogen) atoms. The van der Waals surface area contributed by atoms with Crippen LogP contribution in [0.4, 0.5) is 0 Å². The zero-order valence-corrected chi connectivity index (χ0v) is 13.5. The molecule has 0 spiro atoms. The molecule has 0 unspecified atom stereocenters. The third kappa shape index (κ3) is 3.76. The lowest BCUT2D eigenvalue weighted by Gasteiger charge is -2.40. The maximum atomic E-state index is 12.7.